The molecule has 0 aromatic rings. The maximum Gasteiger partial charge on any atom is 0.237 e. The van der Waals surface area contributed by atoms with E-state index in [1.165, 1.54) is 0 Å². The summed E-state index contributed by atoms with van der Waals surface area (Å²) in [4.78, 5) is 13.6. The standard InChI is InChI=1S/C12H24N2O3S/c1-3-4-8-18(16,17)13-9-12(15)14-7-5-6-11(2)10-14/h11,13H,3-10H2,1-2H3. The third kappa shape index (κ3) is 5.35. The zero-order valence-electron chi connectivity index (χ0n) is 11.3. The van der Waals surface area contributed by atoms with E-state index >= 15 is 0 Å². The molecule has 1 N–H and O–H groups in total. The van der Waals surface area contributed by atoms with E-state index in [4.69, 9.17) is 0 Å². The molecule has 5 nitrogen and oxygen atoms in total. The summed E-state index contributed by atoms with van der Waals surface area (Å²) in [5.74, 6) is 0.508. The van der Waals surface area contributed by atoms with Crippen LogP contribution >= 0.6 is 0 Å². The number of nitrogens with one attached hydrogen (secondary N) is 1. The van der Waals surface area contributed by atoms with Crippen LogP contribution in [0.5, 0.6) is 0 Å². The first-order valence-electron chi connectivity index (χ1n) is 6.69. The lowest BCUT2D eigenvalue weighted by Gasteiger charge is -2.31. The van der Waals surface area contributed by atoms with Crippen molar-refractivity contribution in [3.63, 3.8) is 0 Å². The Morgan fingerprint density at radius 2 is 2.17 bits per heavy atom. The molecule has 1 fully saturated rings. The molecule has 0 saturated carbocycles. The zero-order chi connectivity index (χ0) is 13.6. The van der Waals surface area contributed by atoms with Crippen molar-refractivity contribution in [2.45, 2.75) is 39.5 Å². The van der Waals surface area contributed by atoms with E-state index in [0.29, 0.717) is 12.3 Å². The number of sulfonamides is 1. The van der Waals surface area contributed by atoms with Gasteiger partial charge in [-0.1, -0.05) is 20.3 Å². The van der Waals surface area contributed by atoms with Gasteiger partial charge in [0.05, 0.1) is 12.3 Å². The Morgan fingerprint density at radius 3 is 2.78 bits per heavy atom. The third-order valence-corrected chi connectivity index (χ3v) is 4.63. The Bertz CT molecular complexity index is 368. The second-order valence-corrected chi connectivity index (χ2v) is 7.01. The van der Waals surface area contributed by atoms with Gasteiger partial charge < -0.3 is 4.90 Å². The molecular formula is C12H24N2O3S. The van der Waals surface area contributed by atoms with Crippen LogP contribution in [0.2, 0.25) is 0 Å². The predicted molar refractivity (Wildman–Crippen MR) is 71.7 cm³/mol. The Labute approximate surface area is 110 Å². The summed E-state index contributed by atoms with van der Waals surface area (Å²) in [6.45, 7) is 5.45. The molecular weight excluding hydrogens is 252 g/mol. The van der Waals surface area contributed by atoms with Crippen molar-refractivity contribution in [1.29, 1.82) is 0 Å². The van der Waals surface area contributed by atoms with E-state index in [-0.39, 0.29) is 18.2 Å². The maximum absolute atomic E-state index is 11.9. The zero-order valence-corrected chi connectivity index (χ0v) is 12.1. The minimum atomic E-state index is -3.29. The highest BCUT2D eigenvalue weighted by Gasteiger charge is 2.21. The summed E-state index contributed by atoms with van der Waals surface area (Å²) >= 11 is 0. The monoisotopic (exact) mass is 276 g/mol. The SMILES string of the molecule is CCCCS(=O)(=O)NCC(=O)N1CCCC(C)C1. The molecule has 1 saturated heterocycles. The van der Waals surface area contributed by atoms with Crippen LogP contribution in [-0.2, 0) is 14.8 Å². The first kappa shape index (κ1) is 15.4. The molecule has 1 rings (SSSR count). The van der Waals surface area contributed by atoms with Gasteiger partial charge in [-0.3, -0.25) is 4.79 Å². The molecule has 0 radical (unpaired) electrons. The van der Waals surface area contributed by atoms with Crippen molar-refractivity contribution in [2.75, 3.05) is 25.4 Å². The molecule has 18 heavy (non-hydrogen) atoms. The Morgan fingerprint density at radius 1 is 1.44 bits per heavy atom. The Balaban J connectivity index is 2.36. The second kappa shape index (κ2) is 7.09. The molecule has 6 heteroatoms. The lowest BCUT2D eigenvalue weighted by molar-refractivity contribution is -0.131. The van der Waals surface area contributed by atoms with E-state index in [1.54, 1.807) is 4.90 Å². The summed E-state index contributed by atoms with van der Waals surface area (Å²) in [7, 11) is -3.29. The lowest BCUT2D eigenvalue weighted by atomic mass is 10.0. The highest BCUT2D eigenvalue weighted by Crippen LogP contribution is 2.15. The second-order valence-electron chi connectivity index (χ2n) is 5.08. The summed E-state index contributed by atoms with van der Waals surface area (Å²) in [6.07, 6.45) is 3.62. The van der Waals surface area contributed by atoms with E-state index in [2.05, 4.69) is 11.6 Å². The molecule has 0 aliphatic carbocycles. The normalized spacial score (nSPS) is 21.0. The average Bonchev–Trinajstić information content (AvgIpc) is 2.34. The van der Waals surface area contributed by atoms with Crippen LogP contribution in [0, 0.1) is 5.92 Å². The first-order chi connectivity index (χ1) is 8.44. The van der Waals surface area contributed by atoms with Crippen LogP contribution in [0.3, 0.4) is 0 Å². The van der Waals surface area contributed by atoms with E-state index in [9.17, 15) is 13.2 Å². The summed E-state index contributed by atoms with van der Waals surface area (Å²) in [5, 5.41) is 0. The number of likely N-dealkylation sites (tertiary alicyclic amines) is 1. The van der Waals surface area contributed by atoms with Crippen LogP contribution in [0.4, 0.5) is 0 Å². The van der Waals surface area contributed by atoms with Gasteiger partial charge >= 0.3 is 0 Å². The number of nitrogens with zero attached hydrogens (tertiary/aromatic N) is 1. The van der Waals surface area contributed by atoms with E-state index in [0.717, 1.165) is 32.4 Å². The molecule has 1 aliphatic rings. The van der Waals surface area contributed by atoms with Crippen molar-refractivity contribution in [3.05, 3.63) is 0 Å². The van der Waals surface area contributed by atoms with Gasteiger partial charge in [0.15, 0.2) is 0 Å². The summed E-state index contributed by atoms with van der Waals surface area (Å²) in [5.41, 5.74) is 0. The Hall–Kier alpha value is -0.620. The molecule has 0 aromatic carbocycles. The van der Waals surface area contributed by atoms with Crippen LogP contribution in [0.15, 0.2) is 0 Å². The largest absolute Gasteiger partial charge is 0.341 e. The number of piperidine rings is 1. The van der Waals surface area contributed by atoms with Gasteiger partial charge in [0.1, 0.15) is 0 Å². The molecule has 1 aliphatic heterocycles. The van der Waals surface area contributed by atoms with Crippen molar-refractivity contribution >= 4 is 15.9 Å². The number of amides is 1. The van der Waals surface area contributed by atoms with Gasteiger partial charge in [-0.2, -0.15) is 0 Å². The molecule has 0 spiro atoms. The number of rotatable bonds is 6. The summed E-state index contributed by atoms with van der Waals surface area (Å²) < 4.78 is 25.5. The number of carbonyl (C=O) groups excluding carboxylic acids is 1. The van der Waals surface area contributed by atoms with Gasteiger partial charge in [0.2, 0.25) is 15.9 Å². The van der Waals surface area contributed by atoms with Crippen LogP contribution < -0.4 is 4.72 Å². The Kier molecular flexibility index (Phi) is 6.08. The van der Waals surface area contributed by atoms with Gasteiger partial charge in [0.25, 0.3) is 0 Å². The van der Waals surface area contributed by atoms with Gasteiger partial charge in [0, 0.05) is 13.1 Å². The van der Waals surface area contributed by atoms with Crippen LogP contribution in [-0.4, -0.2) is 44.6 Å². The molecule has 0 aromatic heterocycles. The maximum atomic E-state index is 11.9. The molecule has 1 amide bonds. The lowest BCUT2D eigenvalue weighted by Crippen LogP contribution is -2.44. The minimum absolute atomic E-state index is 0.0984. The van der Waals surface area contributed by atoms with Gasteiger partial charge in [-0.05, 0) is 25.2 Å². The van der Waals surface area contributed by atoms with Gasteiger partial charge in [-0.15, -0.1) is 0 Å². The number of hydrogen-bond acceptors (Lipinski definition) is 3. The first-order valence-corrected chi connectivity index (χ1v) is 8.35. The quantitative estimate of drug-likeness (QED) is 0.786. The van der Waals surface area contributed by atoms with Crippen molar-refractivity contribution < 1.29 is 13.2 Å². The van der Waals surface area contributed by atoms with Crippen LogP contribution in [0.1, 0.15) is 39.5 Å². The minimum Gasteiger partial charge on any atom is -0.341 e. The smallest absolute Gasteiger partial charge is 0.237 e. The van der Waals surface area contributed by atoms with Crippen molar-refractivity contribution in [2.24, 2.45) is 5.92 Å². The van der Waals surface area contributed by atoms with Gasteiger partial charge in [-0.25, -0.2) is 13.1 Å². The fraction of sp³-hybridized carbons (Fsp3) is 0.917. The van der Waals surface area contributed by atoms with E-state index < -0.39 is 10.0 Å². The molecule has 1 unspecified atom stereocenters. The fourth-order valence-electron chi connectivity index (χ4n) is 2.11. The average molecular weight is 276 g/mol. The molecule has 1 atom stereocenters. The highest BCUT2D eigenvalue weighted by molar-refractivity contribution is 7.89. The molecule has 106 valence electrons. The van der Waals surface area contributed by atoms with Crippen molar-refractivity contribution in [1.82, 2.24) is 9.62 Å². The predicted octanol–water partition coefficient (Wildman–Crippen LogP) is 0.964. The topological polar surface area (TPSA) is 66.5 Å². The van der Waals surface area contributed by atoms with Crippen molar-refractivity contribution in [3.8, 4) is 0 Å². The number of hydrogen-bond donors (Lipinski definition) is 1. The highest BCUT2D eigenvalue weighted by atomic mass is 32.2. The molecule has 0 bridgehead atoms. The number of unbranched alkanes of at least 4 members (excludes halogenated alkanes) is 1. The van der Waals surface area contributed by atoms with E-state index in [1.807, 2.05) is 6.92 Å². The summed E-state index contributed by atoms with van der Waals surface area (Å²) in [6, 6.07) is 0. The van der Waals surface area contributed by atoms with Crippen LogP contribution in [0.25, 0.3) is 0 Å². The molecule has 1 heterocycles. The number of carbonyl (C=O) groups is 1. The third-order valence-electron chi connectivity index (χ3n) is 3.22. The fourth-order valence-corrected chi connectivity index (χ4v) is 3.26.